The van der Waals surface area contributed by atoms with Crippen molar-refractivity contribution in [3.05, 3.63) is 198 Å². The van der Waals surface area contributed by atoms with Gasteiger partial charge in [-0.1, -0.05) is 188 Å². The maximum Gasteiger partial charge on any atom is 0.0775 e. The van der Waals surface area contributed by atoms with E-state index < -0.39 is 24.2 Å². The van der Waals surface area contributed by atoms with E-state index in [-0.39, 0.29) is 4.66 Å². The third-order valence-corrected chi connectivity index (χ3v) is 27.8. The van der Waals surface area contributed by atoms with Crippen LogP contribution in [-0.4, -0.2) is 24.2 Å². The van der Waals surface area contributed by atoms with Gasteiger partial charge < -0.3 is 9.80 Å². The summed E-state index contributed by atoms with van der Waals surface area (Å²) >= 11 is 0. The largest absolute Gasteiger partial charge is 0.310 e. The molecule has 9 aromatic carbocycles. The molecule has 0 aliphatic heterocycles. The molecule has 1 aliphatic rings. The number of fused-ring (bicyclic) bond motifs is 9. The van der Waals surface area contributed by atoms with Crippen molar-refractivity contribution in [2.45, 2.75) is 110 Å². The van der Waals surface area contributed by atoms with E-state index in [1.807, 2.05) is 0 Å². The molecule has 0 spiro atoms. The van der Waals surface area contributed by atoms with Crippen LogP contribution in [0.3, 0.4) is 0 Å². The standard InChI is InChI=1S/C65H72N2Si3/c1-43(2)46-21-28-51(29-22-46)66(53-33-36-56(37-34-53)68(6,7)8)54-32-25-48-40-61-62(41-49(48)39-54)65(69(9,10)11,70(12,13)14)64-59-38-35-55(42-60(59)57-17-15-16-18-58(57)63(61)64)67(50-26-19-45(5)20-27-50)52-30-23-47(24-31-52)44(3)4/h15-44H,1-14H3. The highest BCUT2D eigenvalue weighted by Crippen LogP contribution is 2.62. The molecule has 0 N–H and O–H groups in total. The number of aryl methyl sites for hydroxylation is 1. The fourth-order valence-corrected chi connectivity index (χ4v) is 26.7. The number of hydrogen-bond acceptors (Lipinski definition) is 2. The summed E-state index contributed by atoms with van der Waals surface area (Å²) in [5, 5.41) is 9.49. The summed E-state index contributed by atoms with van der Waals surface area (Å²) in [6, 6.07) is 66.1. The highest BCUT2D eigenvalue weighted by Gasteiger charge is 2.60. The summed E-state index contributed by atoms with van der Waals surface area (Å²) in [4.78, 5) is 4.93. The molecule has 1 aliphatic carbocycles. The molecule has 0 saturated heterocycles. The van der Waals surface area contributed by atoms with Crippen LogP contribution in [0.2, 0.25) is 58.9 Å². The predicted octanol–water partition coefficient (Wildman–Crippen LogP) is 19.2. The maximum atomic E-state index is 2.66. The quantitative estimate of drug-likeness (QED) is 0.0941. The topological polar surface area (TPSA) is 6.48 Å². The molecule has 0 saturated carbocycles. The first-order valence-electron chi connectivity index (χ1n) is 25.7. The Hall–Kier alpha value is -5.99. The second-order valence-electron chi connectivity index (χ2n) is 24.0. The van der Waals surface area contributed by atoms with Gasteiger partial charge in [0, 0.05) is 38.8 Å². The zero-order valence-corrected chi connectivity index (χ0v) is 47.2. The van der Waals surface area contributed by atoms with Crippen molar-refractivity contribution in [3.8, 4) is 11.1 Å². The highest BCUT2D eigenvalue weighted by atomic mass is 28.4. The molecule has 2 nitrogen and oxygen atoms in total. The van der Waals surface area contributed by atoms with Gasteiger partial charge in [0.15, 0.2) is 0 Å². The summed E-state index contributed by atoms with van der Waals surface area (Å²) in [5.74, 6) is 0.943. The molecule has 70 heavy (non-hydrogen) atoms. The molecule has 354 valence electrons. The Labute approximate surface area is 422 Å². The van der Waals surface area contributed by atoms with Crippen molar-refractivity contribution in [2.24, 2.45) is 0 Å². The third-order valence-electron chi connectivity index (χ3n) is 15.7. The molecule has 10 rings (SSSR count). The molecule has 0 heterocycles. The molecule has 0 aromatic heterocycles. The van der Waals surface area contributed by atoms with Gasteiger partial charge in [-0.2, -0.15) is 0 Å². The first-order valence-corrected chi connectivity index (χ1v) is 36.2. The van der Waals surface area contributed by atoms with Crippen LogP contribution < -0.4 is 15.0 Å². The molecule has 0 unspecified atom stereocenters. The van der Waals surface area contributed by atoms with E-state index in [1.54, 1.807) is 11.1 Å². The summed E-state index contributed by atoms with van der Waals surface area (Å²) in [7, 11) is -5.67. The third kappa shape index (κ3) is 7.89. The van der Waals surface area contributed by atoms with Crippen molar-refractivity contribution in [2.75, 3.05) is 9.80 Å². The van der Waals surface area contributed by atoms with Crippen LogP contribution in [-0.2, 0) is 4.66 Å². The van der Waals surface area contributed by atoms with Crippen LogP contribution in [0.25, 0.3) is 43.4 Å². The number of nitrogens with zero attached hydrogens (tertiary/aromatic N) is 2. The smallest absolute Gasteiger partial charge is 0.0775 e. The molecular weight excluding hydrogens is 893 g/mol. The minimum absolute atomic E-state index is 0.0823. The van der Waals surface area contributed by atoms with Gasteiger partial charge in [-0.05, 0) is 163 Å². The van der Waals surface area contributed by atoms with Crippen LogP contribution in [0.1, 0.15) is 67.3 Å². The Morgan fingerprint density at radius 3 is 1.36 bits per heavy atom. The fraction of sp³-hybridized carbons (Fsp3) is 0.262. The first kappa shape index (κ1) is 47.7. The lowest BCUT2D eigenvalue weighted by Gasteiger charge is -2.51. The van der Waals surface area contributed by atoms with Crippen molar-refractivity contribution in [3.63, 3.8) is 0 Å². The lowest BCUT2D eigenvalue weighted by atomic mass is 9.90. The van der Waals surface area contributed by atoms with E-state index in [0.717, 1.165) is 0 Å². The molecule has 0 atom stereocenters. The van der Waals surface area contributed by atoms with Crippen molar-refractivity contribution < 1.29 is 0 Å². The van der Waals surface area contributed by atoms with E-state index in [2.05, 4.69) is 273 Å². The van der Waals surface area contributed by atoms with E-state index in [9.17, 15) is 0 Å². The van der Waals surface area contributed by atoms with E-state index in [4.69, 9.17) is 0 Å². The normalized spacial score (nSPS) is 13.7. The van der Waals surface area contributed by atoms with Gasteiger partial charge >= 0.3 is 0 Å². The van der Waals surface area contributed by atoms with E-state index in [0.29, 0.717) is 11.8 Å². The molecule has 0 bridgehead atoms. The van der Waals surface area contributed by atoms with Crippen molar-refractivity contribution in [1.82, 2.24) is 0 Å². The second-order valence-corrected chi connectivity index (χ2v) is 40.1. The van der Waals surface area contributed by atoms with Crippen LogP contribution in [0, 0.1) is 6.92 Å². The Balaban J connectivity index is 1.22. The number of rotatable bonds is 11. The van der Waals surface area contributed by atoms with Gasteiger partial charge in [0.25, 0.3) is 0 Å². The Kier molecular flexibility index (Phi) is 11.8. The average molecular weight is 966 g/mol. The van der Waals surface area contributed by atoms with Crippen LogP contribution in [0.4, 0.5) is 34.1 Å². The second kappa shape index (κ2) is 17.4. The molecule has 9 aromatic rings. The Morgan fingerprint density at radius 1 is 0.400 bits per heavy atom. The van der Waals surface area contributed by atoms with Crippen LogP contribution in [0.5, 0.6) is 0 Å². The number of benzene rings is 9. The van der Waals surface area contributed by atoms with E-state index >= 15 is 0 Å². The lowest BCUT2D eigenvalue weighted by molar-refractivity contribution is 0.866. The van der Waals surface area contributed by atoms with Gasteiger partial charge in [-0.3, -0.25) is 0 Å². The molecule has 0 amide bonds. The van der Waals surface area contributed by atoms with Crippen LogP contribution in [0.15, 0.2) is 170 Å². The summed E-state index contributed by atoms with van der Waals surface area (Å²) in [5.41, 5.74) is 17.1. The monoisotopic (exact) mass is 965 g/mol. The Morgan fingerprint density at radius 2 is 0.857 bits per heavy atom. The summed E-state index contributed by atoms with van der Waals surface area (Å²) in [6.45, 7) is 34.5. The van der Waals surface area contributed by atoms with Gasteiger partial charge in [0.2, 0.25) is 0 Å². The van der Waals surface area contributed by atoms with Crippen LogP contribution >= 0.6 is 0 Å². The first-order chi connectivity index (χ1) is 33.2. The van der Waals surface area contributed by atoms with Gasteiger partial charge in [0.05, 0.1) is 24.2 Å². The summed E-state index contributed by atoms with van der Waals surface area (Å²) in [6.07, 6.45) is 0. The van der Waals surface area contributed by atoms with Crippen molar-refractivity contribution in [1.29, 1.82) is 0 Å². The summed E-state index contributed by atoms with van der Waals surface area (Å²) < 4.78 is -0.0823. The minimum Gasteiger partial charge on any atom is -0.310 e. The van der Waals surface area contributed by atoms with E-state index in [1.165, 1.54) is 99.4 Å². The molecular formula is C65H72N2Si3. The number of anilines is 6. The predicted molar refractivity (Wildman–Crippen MR) is 317 cm³/mol. The maximum absolute atomic E-state index is 2.66. The zero-order chi connectivity index (χ0) is 49.7. The molecule has 0 fully saturated rings. The fourth-order valence-electron chi connectivity index (χ4n) is 12.5. The Bertz CT molecular complexity index is 3410. The number of hydrogen-bond donors (Lipinski definition) is 0. The minimum atomic E-state index is -2.10. The SMILES string of the molecule is Cc1ccc(N(c2ccc(C(C)C)cc2)c2ccc3c4c(c5ccccc5c3c2)-c2cc3ccc(N(c5ccc(C(C)C)cc5)c5ccc([Si](C)(C)C)cc5)cc3cc2C4([Si](C)(C)C)[Si](C)(C)C)cc1. The lowest BCUT2D eigenvalue weighted by Crippen LogP contribution is -2.63. The average Bonchev–Trinajstić information content (AvgIpc) is 3.64. The zero-order valence-electron chi connectivity index (χ0n) is 44.2. The molecule has 0 radical (unpaired) electrons. The highest BCUT2D eigenvalue weighted by molar-refractivity contribution is 7.00. The van der Waals surface area contributed by atoms with Crippen molar-refractivity contribution >= 4 is 95.9 Å². The van der Waals surface area contributed by atoms with Gasteiger partial charge in [-0.25, -0.2) is 0 Å². The molecule has 5 heteroatoms. The van der Waals surface area contributed by atoms with Gasteiger partial charge in [-0.15, -0.1) is 0 Å². The van der Waals surface area contributed by atoms with Gasteiger partial charge in [0.1, 0.15) is 0 Å².